The minimum absolute atomic E-state index is 0.243. The first-order valence-electron chi connectivity index (χ1n) is 4.60. The van der Waals surface area contributed by atoms with E-state index >= 15 is 0 Å². The highest BCUT2D eigenvalue weighted by Gasteiger charge is 2.20. The largest absolute Gasteiger partial charge is 0.389 e. The monoisotopic (exact) mass is 171 g/mol. The third-order valence-electron chi connectivity index (χ3n) is 2.57. The molecule has 12 heavy (non-hydrogen) atoms. The number of hydrogen-bond acceptors (Lipinski definition) is 2. The Hall–Kier alpha value is -0.410. The predicted molar refractivity (Wildman–Crippen MR) is 49.9 cm³/mol. The van der Waals surface area contributed by atoms with Crippen molar-refractivity contribution in [2.75, 3.05) is 33.3 Å². The number of likely N-dealkylation sites (N-methyl/N-ethyl adjacent to an activating group) is 1. The molecule has 0 bridgehead atoms. The molecule has 1 atom stereocenters. The predicted octanol–water partition coefficient (Wildman–Crippen LogP) is -0.214. The average Bonchev–Trinajstić information content (AvgIpc) is 2.06. The third kappa shape index (κ3) is 2.57. The molecule has 1 aliphatic heterocycles. The van der Waals surface area contributed by atoms with Crippen LogP contribution < -0.4 is 0 Å². The summed E-state index contributed by atoms with van der Waals surface area (Å²) in [5.41, 5.74) is 0. The van der Waals surface area contributed by atoms with Crippen molar-refractivity contribution in [1.82, 2.24) is 4.90 Å². The molecule has 1 saturated heterocycles. The molecule has 0 aromatic heterocycles. The van der Waals surface area contributed by atoms with E-state index in [1.54, 1.807) is 0 Å². The van der Waals surface area contributed by atoms with Crippen LogP contribution in [0.15, 0.2) is 0 Å². The first-order chi connectivity index (χ1) is 5.74. The molecule has 0 spiro atoms. The Bertz CT molecular complexity index is 159. The van der Waals surface area contributed by atoms with Gasteiger partial charge in [0.05, 0.1) is 6.54 Å². The van der Waals surface area contributed by atoms with Crippen LogP contribution in [0.3, 0.4) is 0 Å². The Morgan fingerprint density at radius 3 is 3.00 bits per heavy atom. The molecule has 1 rings (SSSR count). The van der Waals surface area contributed by atoms with Gasteiger partial charge < -0.3 is 10.0 Å². The molecule has 1 N–H and O–H groups in total. The molecular weight excluding hydrogens is 152 g/mol. The van der Waals surface area contributed by atoms with Crippen LogP contribution in [-0.2, 0) is 0 Å². The minimum atomic E-state index is 0.243. The first-order valence-corrected chi connectivity index (χ1v) is 4.60. The van der Waals surface area contributed by atoms with Gasteiger partial charge in [0.2, 0.25) is 0 Å². The van der Waals surface area contributed by atoms with Crippen molar-refractivity contribution < 1.29 is 9.68 Å². The molecule has 3 heteroatoms. The van der Waals surface area contributed by atoms with Gasteiger partial charge in [-0.1, -0.05) is 0 Å². The lowest BCUT2D eigenvalue weighted by atomic mass is 10.1. The smallest absolute Gasteiger partial charge is 0.175 e. The van der Waals surface area contributed by atoms with Gasteiger partial charge in [-0.3, -0.25) is 0 Å². The Kier molecular flexibility index (Phi) is 3.69. The lowest BCUT2D eigenvalue weighted by Gasteiger charge is -2.22. The molecule has 0 amide bonds. The van der Waals surface area contributed by atoms with Crippen LogP contribution in [0.4, 0.5) is 0 Å². The summed E-state index contributed by atoms with van der Waals surface area (Å²) in [6.45, 7) is 7.33. The van der Waals surface area contributed by atoms with Gasteiger partial charge in [0.15, 0.2) is 12.6 Å². The summed E-state index contributed by atoms with van der Waals surface area (Å²) in [7, 11) is 2.13. The van der Waals surface area contributed by atoms with E-state index in [-0.39, 0.29) is 12.6 Å². The molecular formula is C9H19N2O+. The van der Waals surface area contributed by atoms with Gasteiger partial charge in [0.25, 0.3) is 0 Å². The topological polar surface area (TPSA) is 26.5 Å². The fourth-order valence-electron chi connectivity index (χ4n) is 1.58. The van der Waals surface area contributed by atoms with Crippen LogP contribution >= 0.6 is 0 Å². The number of hydrogen-bond donors (Lipinski definition) is 1. The maximum Gasteiger partial charge on any atom is 0.175 e. The molecule has 3 nitrogen and oxygen atoms in total. The number of aliphatic hydroxyl groups excluding tert-OH is 1. The van der Waals surface area contributed by atoms with Gasteiger partial charge in [-0.05, 0) is 20.0 Å². The summed E-state index contributed by atoms with van der Waals surface area (Å²) in [6, 6.07) is 0.277. The molecule has 0 aromatic rings. The summed E-state index contributed by atoms with van der Waals surface area (Å²) in [5.74, 6) is 0. The summed E-state index contributed by atoms with van der Waals surface area (Å²) in [4.78, 5) is 2.31. The normalized spacial score (nSPS) is 28.2. The highest BCUT2D eigenvalue weighted by Crippen LogP contribution is 2.05. The van der Waals surface area contributed by atoms with Crippen LogP contribution in [0.1, 0.15) is 12.8 Å². The van der Waals surface area contributed by atoms with E-state index in [1.807, 2.05) is 4.58 Å². The van der Waals surface area contributed by atoms with Crippen LogP contribution in [0.2, 0.25) is 0 Å². The second-order valence-electron chi connectivity index (χ2n) is 3.59. The van der Waals surface area contributed by atoms with Gasteiger partial charge in [-0.2, -0.15) is 0 Å². The van der Waals surface area contributed by atoms with Gasteiger partial charge in [0, 0.05) is 6.42 Å². The average molecular weight is 171 g/mol. The second-order valence-corrected chi connectivity index (χ2v) is 3.59. The minimum Gasteiger partial charge on any atom is -0.389 e. The zero-order valence-electron chi connectivity index (χ0n) is 7.87. The zero-order valence-corrected chi connectivity index (χ0v) is 7.87. The fourth-order valence-corrected chi connectivity index (χ4v) is 1.58. The first kappa shape index (κ1) is 9.68. The number of aliphatic hydroxyl groups is 1. The lowest BCUT2D eigenvalue weighted by Crippen LogP contribution is -2.38. The van der Waals surface area contributed by atoms with Crippen molar-refractivity contribution in [3.8, 4) is 0 Å². The summed E-state index contributed by atoms with van der Waals surface area (Å²) >= 11 is 0. The lowest BCUT2D eigenvalue weighted by molar-refractivity contribution is -0.563. The number of nitrogens with zero attached hydrogens (tertiary/aromatic N) is 2. The van der Waals surface area contributed by atoms with Crippen molar-refractivity contribution in [3.05, 3.63) is 0 Å². The van der Waals surface area contributed by atoms with E-state index in [1.165, 1.54) is 0 Å². The molecule has 1 aliphatic rings. The van der Waals surface area contributed by atoms with Crippen molar-refractivity contribution >= 4 is 6.72 Å². The van der Waals surface area contributed by atoms with E-state index in [0.29, 0.717) is 0 Å². The van der Waals surface area contributed by atoms with Gasteiger partial charge >= 0.3 is 0 Å². The van der Waals surface area contributed by atoms with Gasteiger partial charge in [-0.25, -0.2) is 4.58 Å². The van der Waals surface area contributed by atoms with E-state index in [4.69, 9.17) is 5.11 Å². The Morgan fingerprint density at radius 2 is 2.33 bits per heavy atom. The van der Waals surface area contributed by atoms with Crippen molar-refractivity contribution in [2.24, 2.45) is 0 Å². The molecule has 0 aromatic carbocycles. The molecule has 1 heterocycles. The summed E-state index contributed by atoms with van der Waals surface area (Å²) in [6.07, 6.45) is 2.22. The van der Waals surface area contributed by atoms with E-state index in [9.17, 15) is 0 Å². The maximum atomic E-state index is 9.05. The van der Waals surface area contributed by atoms with Crippen molar-refractivity contribution in [2.45, 2.75) is 18.9 Å². The van der Waals surface area contributed by atoms with Crippen LogP contribution in [-0.4, -0.2) is 60.6 Å². The highest BCUT2D eigenvalue weighted by molar-refractivity contribution is 5.14. The molecule has 1 fully saturated rings. The third-order valence-corrected chi connectivity index (χ3v) is 2.57. The standard InChI is InChI=1S/C9H19N2O/c1-10-5-3-4-9(8-12)11(2)7-6-10/h9,12H,2-8H2,1H3/q+1. The molecule has 0 aliphatic carbocycles. The highest BCUT2D eigenvalue weighted by atomic mass is 16.3. The van der Waals surface area contributed by atoms with E-state index < -0.39 is 0 Å². The van der Waals surface area contributed by atoms with Crippen LogP contribution in [0.25, 0.3) is 0 Å². The maximum absolute atomic E-state index is 9.05. The molecule has 0 saturated carbocycles. The summed E-state index contributed by atoms with van der Waals surface area (Å²) < 4.78 is 2.01. The number of rotatable bonds is 1. The molecule has 0 radical (unpaired) electrons. The summed E-state index contributed by atoms with van der Waals surface area (Å²) in [5, 5.41) is 9.05. The Morgan fingerprint density at radius 1 is 1.58 bits per heavy atom. The van der Waals surface area contributed by atoms with Gasteiger partial charge in [-0.15, -0.1) is 0 Å². The van der Waals surface area contributed by atoms with Crippen molar-refractivity contribution in [1.29, 1.82) is 0 Å². The fraction of sp³-hybridized carbons (Fsp3) is 0.889. The van der Waals surface area contributed by atoms with Crippen molar-refractivity contribution in [3.63, 3.8) is 0 Å². The van der Waals surface area contributed by atoms with Gasteiger partial charge in [0.1, 0.15) is 13.3 Å². The van der Waals surface area contributed by atoms with Crippen LogP contribution in [0.5, 0.6) is 0 Å². The molecule has 70 valence electrons. The van der Waals surface area contributed by atoms with E-state index in [0.717, 1.165) is 32.5 Å². The quantitative estimate of drug-likeness (QED) is 0.552. The second kappa shape index (κ2) is 4.58. The Balaban J connectivity index is 2.44. The van der Waals surface area contributed by atoms with E-state index in [2.05, 4.69) is 18.7 Å². The Labute approximate surface area is 74.3 Å². The SMILES string of the molecule is C=[N+]1CCN(C)CCCC1CO. The zero-order chi connectivity index (χ0) is 8.97. The van der Waals surface area contributed by atoms with Crippen LogP contribution in [0, 0.1) is 0 Å². The molecule has 1 unspecified atom stereocenters.